The number of nitrogen functional groups attached to an aromatic ring is 1. The molecule has 2 N–H and O–H groups in total. The molecule has 7 atom stereocenters. The fourth-order valence-electron chi connectivity index (χ4n) is 14.6. The quantitative estimate of drug-likeness (QED) is 0.208. The number of halogens is 1. The molecule has 2 heterocycles. The van der Waals surface area contributed by atoms with E-state index in [1.807, 2.05) is 13.8 Å². The van der Waals surface area contributed by atoms with Crippen LogP contribution in [-0.2, 0) is 4.79 Å². The number of ketones is 1. The summed E-state index contributed by atoms with van der Waals surface area (Å²) in [7, 11) is -1.02. The highest BCUT2D eigenvalue weighted by Crippen LogP contribution is 2.66. The number of nitrogens with two attached hydrogens (primary N) is 1. The average molecular weight is 1140 g/mol. The molecule has 0 spiro atoms. The zero-order valence-electron chi connectivity index (χ0n) is 53.6. The Hall–Kier alpha value is -2.54. The van der Waals surface area contributed by atoms with E-state index < -0.39 is 7.58 Å². The van der Waals surface area contributed by atoms with Gasteiger partial charge in [0, 0.05) is 91.7 Å². The molecule has 79 heavy (non-hydrogen) atoms. The first kappa shape index (κ1) is 64.0. The Morgan fingerprint density at radius 3 is 1.20 bits per heavy atom. The molecule has 6 saturated carbocycles. The largest absolute Gasteiger partial charge is 0.398 e. The minimum Gasteiger partial charge on any atom is -0.398 e. The Morgan fingerprint density at radius 1 is 0.481 bits per heavy atom. The predicted molar refractivity (Wildman–Crippen MR) is 347 cm³/mol. The Morgan fingerprint density at radius 2 is 0.861 bits per heavy atom. The van der Waals surface area contributed by atoms with Crippen molar-refractivity contribution >= 4 is 61.3 Å². The van der Waals surface area contributed by atoms with E-state index in [1.54, 1.807) is 0 Å². The van der Waals surface area contributed by atoms with Crippen molar-refractivity contribution in [3.8, 4) is 0 Å². The Labute approximate surface area is 489 Å². The summed E-state index contributed by atoms with van der Waals surface area (Å²) in [5, 5.41) is 0. The van der Waals surface area contributed by atoms with Crippen LogP contribution in [0.3, 0.4) is 0 Å². The van der Waals surface area contributed by atoms with Gasteiger partial charge in [-0.2, -0.15) is 0 Å². The van der Waals surface area contributed by atoms with E-state index in [4.69, 9.17) is 27.0 Å². The molecule has 3 aromatic rings. The summed E-state index contributed by atoms with van der Waals surface area (Å²) in [6.07, 6.45) is 14.3. The van der Waals surface area contributed by atoms with Crippen LogP contribution in [0.15, 0.2) is 46.4 Å². The van der Waals surface area contributed by atoms with Crippen LogP contribution in [0.2, 0.25) is 0 Å². The van der Waals surface area contributed by atoms with Gasteiger partial charge in [-0.05, 0) is 273 Å². The number of anilines is 1. The summed E-state index contributed by atoms with van der Waals surface area (Å²) < 4.78 is 10.5. The van der Waals surface area contributed by atoms with Crippen molar-refractivity contribution in [3.05, 3.63) is 86.5 Å². The summed E-state index contributed by atoms with van der Waals surface area (Å²) in [6.45, 7) is 51.8. The van der Waals surface area contributed by atoms with Crippen LogP contribution in [0.5, 0.6) is 0 Å². The Kier molecular flexibility index (Phi) is 20.5. The molecule has 0 amide bonds. The number of aryl methyl sites for hydroxylation is 9. The molecule has 11 rings (SSSR count). The lowest BCUT2D eigenvalue weighted by Gasteiger charge is -2.47. The number of carbonyl (C=O) groups excluding carboxylic acids is 1. The van der Waals surface area contributed by atoms with E-state index in [0.29, 0.717) is 23.3 Å². The van der Waals surface area contributed by atoms with Crippen molar-refractivity contribution in [2.45, 2.75) is 244 Å². The highest BCUT2D eigenvalue weighted by atomic mass is 35.7. The molecular weight excluding hydrogens is 1030 g/mol. The lowest BCUT2D eigenvalue weighted by atomic mass is 9.97. The number of Topliss-reactive ketones (excluding diaryl/α,β-unsaturated/α-hetero) is 1. The minimum absolute atomic E-state index is 0.188. The van der Waals surface area contributed by atoms with Crippen LogP contribution in [0.4, 0.5) is 17.1 Å². The number of carbonyl (C=O) groups is 1. The van der Waals surface area contributed by atoms with Crippen molar-refractivity contribution in [1.29, 1.82) is 0 Å². The average Bonchev–Trinajstić information content (AvgIpc) is 4.39. The van der Waals surface area contributed by atoms with Gasteiger partial charge in [0.05, 0.1) is 11.4 Å². The summed E-state index contributed by atoms with van der Waals surface area (Å²) in [6, 6.07) is 13.3. The molecule has 0 aromatic heterocycles. The molecule has 8 fully saturated rings. The van der Waals surface area contributed by atoms with E-state index in [0.717, 1.165) is 48.9 Å². The van der Waals surface area contributed by atoms with Crippen molar-refractivity contribution < 1.29 is 4.79 Å². The minimum atomic E-state index is -0.629. The molecule has 7 unspecified atom stereocenters. The van der Waals surface area contributed by atoms with Crippen molar-refractivity contribution in [3.63, 3.8) is 0 Å². The molecule has 0 radical (unpaired) electrons. The maximum atomic E-state index is 10.8. The van der Waals surface area contributed by atoms with Gasteiger partial charge in [-0.3, -0.25) is 33.5 Å². The molecule has 11 heteroatoms. The summed E-state index contributed by atoms with van der Waals surface area (Å²) in [5.41, 5.74) is 25.2. The van der Waals surface area contributed by atoms with Crippen molar-refractivity contribution in [2.24, 2.45) is 45.5 Å². The topological polar surface area (TPSA) is 80.8 Å². The summed E-state index contributed by atoms with van der Waals surface area (Å²) >= 11 is 6.53. The van der Waals surface area contributed by atoms with E-state index >= 15 is 0 Å². The normalized spacial score (nSPS) is 27.6. The van der Waals surface area contributed by atoms with Gasteiger partial charge in [-0.15, -0.1) is 0 Å². The van der Waals surface area contributed by atoms with Crippen LogP contribution >= 0.6 is 27.0 Å². The molecule has 6 bridgehead atoms. The van der Waals surface area contributed by atoms with Crippen molar-refractivity contribution in [2.75, 3.05) is 31.9 Å². The SMILES string of the molecule is CC(C)(C)N1CCN(C(C)(C)C)P1Cl.Cc1cc(C)c(N)c(C)c1.Cc1cc(C)c(N=C2C3CCC(C3)C2P2N(C(C)(C)C)CCN2C(C)(C)C)c(C)c1.Cc1cc(C)c(N=C2CC3CCC2C3)c(C)c1.O=C1CC2CCC1C2. The Balaban J connectivity index is 0.000000156. The highest BCUT2D eigenvalue weighted by molar-refractivity contribution is 7.80. The third-order valence-corrected chi connectivity index (χ3v) is 25.7. The van der Waals surface area contributed by atoms with Crippen LogP contribution < -0.4 is 5.73 Å². The zero-order valence-corrected chi connectivity index (χ0v) is 56.1. The molecule has 3 aromatic carbocycles. The van der Waals surface area contributed by atoms with Crippen molar-refractivity contribution in [1.82, 2.24) is 18.7 Å². The molecule has 8 nitrogen and oxygen atoms in total. The van der Waals surface area contributed by atoms with Crippen LogP contribution in [0, 0.1) is 97.8 Å². The van der Waals surface area contributed by atoms with Gasteiger partial charge < -0.3 is 5.73 Å². The third-order valence-electron chi connectivity index (χ3n) is 18.4. The molecule has 438 valence electrons. The summed E-state index contributed by atoms with van der Waals surface area (Å²) in [5.74, 6) is 5.12. The van der Waals surface area contributed by atoms with E-state index in [-0.39, 0.29) is 30.4 Å². The fraction of sp³-hybridized carbons (Fsp3) is 0.691. The van der Waals surface area contributed by atoms with Gasteiger partial charge in [0.15, 0.2) is 0 Å². The smallest absolute Gasteiger partial charge is 0.141 e. The maximum Gasteiger partial charge on any atom is 0.141 e. The molecule has 6 aliphatic carbocycles. The molecule has 2 saturated heterocycles. The molecular formula is C68H108ClN7OP2. The lowest BCUT2D eigenvalue weighted by Crippen LogP contribution is -2.44. The van der Waals surface area contributed by atoms with Gasteiger partial charge >= 0.3 is 0 Å². The number of nitrogens with zero attached hydrogens (tertiary/aromatic N) is 6. The maximum absolute atomic E-state index is 10.8. The monoisotopic (exact) mass is 1140 g/mol. The standard InChI is InChI=1S/C26H42N3P.C16H21N.C10H22ClN2P.C9H13N.C7H10O/c1-17-14-18(2)22(19(3)15-17)27-23-20-10-11-21(16-20)24(23)30-28(25(4,5)6)12-13-29(30)26(7,8)9;1-10-6-11(2)16(12(3)7-10)17-15-9-13-4-5-14(15)8-13;1-9(2,3)12-7-8-13(14(12)11)10(4,5)6;1-6-4-7(2)9(10)8(3)5-6;8-7-4-5-1-2-6(7)3-5/h14-15,20-21,24H,10-13,16H2,1-9H3;6-7,13-14H,4-5,8-9H2,1-3H3;7-8H2,1-6H3;4-5H,10H2,1-3H3;5-6H,1-4H2. The van der Waals surface area contributed by atoms with Gasteiger partial charge in [0.1, 0.15) is 13.4 Å². The van der Waals surface area contributed by atoms with E-state index in [2.05, 4.69) is 187 Å². The molecule has 8 aliphatic rings. The predicted octanol–water partition coefficient (Wildman–Crippen LogP) is 18.7. The second kappa shape index (κ2) is 25.4. The Bertz CT molecular complexity index is 2590. The van der Waals surface area contributed by atoms with Gasteiger partial charge in [-0.1, -0.05) is 64.3 Å². The lowest BCUT2D eigenvalue weighted by molar-refractivity contribution is -0.121. The first-order chi connectivity index (χ1) is 36.6. The number of aliphatic imine (C=N–C) groups is 2. The fourth-order valence-corrected chi connectivity index (χ4v) is 22.0. The number of rotatable bonds is 3. The van der Waals surface area contributed by atoms with E-state index in [9.17, 15) is 4.79 Å². The first-order valence-electron chi connectivity index (χ1n) is 30.6. The van der Waals surface area contributed by atoms with Crippen LogP contribution in [0.25, 0.3) is 0 Å². The highest BCUT2D eigenvalue weighted by Gasteiger charge is 2.56. The van der Waals surface area contributed by atoms with E-state index in [1.165, 1.54) is 150 Å². The zero-order chi connectivity index (χ0) is 58.4. The second-order valence-electron chi connectivity index (χ2n) is 29.5. The van der Waals surface area contributed by atoms with Gasteiger partial charge in [-0.25, -0.2) is 0 Å². The number of benzene rings is 3. The molecule has 2 aliphatic heterocycles. The third kappa shape index (κ3) is 15.4. The van der Waals surface area contributed by atoms with Crippen LogP contribution in [-0.4, -0.2) is 89.9 Å². The van der Waals surface area contributed by atoms with Crippen LogP contribution in [0.1, 0.15) is 204 Å². The number of hydrogen-bond acceptors (Lipinski definition) is 8. The number of fused-ring (bicyclic) bond motifs is 6. The number of hydrogen-bond donors (Lipinski definition) is 1. The van der Waals surface area contributed by atoms with Gasteiger partial charge in [0.25, 0.3) is 0 Å². The first-order valence-corrected chi connectivity index (χ1v) is 34.1. The summed E-state index contributed by atoms with van der Waals surface area (Å²) in [4.78, 5) is 21.4. The second-order valence-corrected chi connectivity index (χ2v) is 34.0. The van der Waals surface area contributed by atoms with Gasteiger partial charge in [0.2, 0.25) is 0 Å².